The van der Waals surface area contributed by atoms with Crippen molar-refractivity contribution in [1.29, 1.82) is 0 Å². The maximum atomic E-state index is 12.7. The van der Waals surface area contributed by atoms with Crippen LogP contribution in [0.4, 0.5) is 0 Å². The Labute approximate surface area is 175 Å². The molecule has 0 radical (unpaired) electrons. The number of thiophene rings is 1. The highest BCUT2D eigenvalue weighted by molar-refractivity contribution is 7.18. The highest BCUT2D eigenvalue weighted by Gasteiger charge is 2.20. The largest absolute Gasteiger partial charge is 0.347 e. The molecule has 2 aromatic heterocycles. The molecule has 0 saturated heterocycles. The third kappa shape index (κ3) is 4.62. The van der Waals surface area contributed by atoms with E-state index >= 15 is 0 Å². The van der Waals surface area contributed by atoms with Crippen LogP contribution in [0.25, 0.3) is 11.3 Å². The number of aromatic nitrogens is 3. The number of hydrogen-bond acceptors (Lipinski definition) is 5. The number of nitrogens with zero attached hydrogens (tertiary/aromatic N) is 3. The predicted octanol–water partition coefficient (Wildman–Crippen LogP) is 3.80. The molecule has 3 rings (SSSR count). The zero-order valence-corrected chi connectivity index (χ0v) is 17.3. The van der Waals surface area contributed by atoms with Gasteiger partial charge in [0, 0.05) is 35.2 Å². The van der Waals surface area contributed by atoms with Crippen LogP contribution < -0.4 is 11.1 Å². The molecular formula is C17H16Cl3N5OS. The number of aryl methyl sites for hydroxylation is 1. The van der Waals surface area contributed by atoms with Gasteiger partial charge in [0.15, 0.2) is 0 Å². The highest BCUT2D eigenvalue weighted by atomic mass is 35.5. The first-order valence-corrected chi connectivity index (χ1v) is 9.93. The van der Waals surface area contributed by atoms with Crippen molar-refractivity contribution >= 4 is 52.0 Å². The lowest BCUT2D eigenvalue weighted by molar-refractivity contribution is 0.0942. The first-order valence-electron chi connectivity index (χ1n) is 7.98. The number of carbonyl (C=O) groups is 1. The molecule has 0 aliphatic rings. The molecule has 0 unspecified atom stereocenters. The normalized spacial score (nSPS) is 12.2. The van der Waals surface area contributed by atoms with Crippen LogP contribution in [0.2, 0.25) is 14.4 Å². The van der Waals surface area contributed by atoms with Crippen LogP contribution in [-0.4, -0.2) is 33.5 Å². The average molecular weight is 445 g/mol. The minimum absolute atomic E-state index is 0.246. The molecule has 0 saturated carbocycles. The third-order valence-corrected chi connectivity index (χ3v) is 5.95. The summed E-state index contributed by atoms with van der Waals surface area (Å²) in [5, 5.41) is 11.8. The molecule has 10 heteroatoms. The maximum Gasteiger partial charge on any atom is 0.261 e. The molecule has 3 aromatic rings. The number of hydrogen-bond donors (Lipinski definition) is 2. The van der Waals surface area contributed by atoms with Gasteiger partial charge in [-0.1, -0.05) is 46.1 Å². The zero-order chi connectivity index (χ0) is 19.6. The van der Waals surface area contributed by atoms with Crippen molar-refractivity contribution < 1.29 is 4.79 Å². The fraction of sp³-hybridized carbons (Fsp3) is 0.235. The van der Waals surface area contributed by atoms with Crippen LogP contribution in [0, 0.1) is 0 Å². The lowest BCUT2D eigenvalue weighted by Crippen LogP contribution is -2.41. The summed E-state index contributed by atoms with van der Waals surface area (Å²) in [6.07, 6.45) is 2.09. The average Bonchev–Trinajstić information content (AvgIpc) is 3.21. The van der Waals surface area contributed by atoms with Gasteiger partial charge in [-0.25, -0.2) is 4.68 Å². The fourth-order valence-corrected chi connectivity index (χ4v) is 4.27. The van der Waals surface area contributed by atoms with E-state index in [1.807, 2.05) is 6.07 Å². The molecule has 0 fully saturated rings. The summed E-state index contributed by atoms with van der Waals surface area (Å²) in [4.78, 5) is 13.1. The van der Waals surface area contributed by atoms with Crippen molar-refractivity contribution in [2.24, 2.45) is 12.8 Å². The van der Waals surface area contributed by atoms with E-state index in [4.69, 9.17) is 40.5 Å². The lowest BCUT2D eigenvalue weighted by Gasteiger charge is -2.17. The third-order valence-electron chi connectivity index (χ3n) is 4.00. The molecule has 142 valence electrons. The zero-order valence-electron chi connectivity index (χ0n) is 14.2. The lowest BCUT2D eigenvalue weighted by atomic mass is 10.1. The first-order chi connectivity index (χ1) is 12.9. The van der Waals surface area contributed by atoms with Gasteiger partial charge >= 0.3 is 0 Å². The van der Waals surface area contributed by atoms with Crippen LogP contribution in [0.5, 0.6) is 0 Å². The minimum atomic E-state index is -0.279. The van der Waals surface area contributed by atoms with Crippen LogP contribution in [0.1, 0.15) is 15.2 Å². The Morgan fingerprint density at radius 2 is 2.11 bits per heavy atom. The molecule has 1 amide bonds. The molecule has 3 N–H and O–H groups in total. The molecule has 0 aliphatic carbocycles. The molecule has 27 heavy (non-hydrogen) atoms. The first kappa shape index (κ1) is 20.1. The maximum absolute atomic E-state index is 12.7. The van der Waals surface area contributed by atoms with Gasteiger partial charge in [-0.05, 0) is 30.2 Å². The second kappa shape index (κ2) is 8.58. The molecular weight excluding hydrogens is 429 g/mol. The van der Waals surface area contributed by atoms with Gasteiger partial charge in [0.2, 0.25) is 0 Å². The van der Waals surface area contributed by atoms with Crippen LogP contribution in [-0.2, 0) is 13.5 Å². The smallest absolute Gasteiger partial charge is 0.261 e. The summed E-state index contributed by atoms with van der Waals surface area (Å²) >= 11 is 19.6. The number of carbonyl (C=O) groups excluding carboxylic acids is 1. The summed E-state index contributed by atoms with van der Waals surface area (Å²) in [6.45, 7) is 0.266. The summed E-state index contributed by atoms with van der Waals surface area (Å²) in [7, 11) is 1.76. The van der Waals surface area contributed by atoms with E-state index in [1.165, 1.54) is 11.3 Å². The molecule has 0 aliphatic heterocycles. The van der Waals surface area contributed by atoms with E-state index in [1.54, 1.807) is 36.1 Å². The predicted molar refractivity (Wildman–Crippen MR) is 110 cm³/mol. The van der Waals surface area contributed by atoms with Crippen LogP contribution in [0.15, 0.2) is 30.5 Å². The van der Waals surface area contributed by atoms with Crippen molar-refractivity contribution in [3.8, 4) is 11.3 Å². The van der Waals surface area contributed by atoms with E-state index < -0.39 is 0 Å². The Kier molecular flexibility index (Phi) is 6.39. The number of nitrogens with one attached hydrogen (secondary N) is 1. The van der Waals surface area contributed by atoms with Crippen molar-refractivity contribution in [2.45, 2.75) is 12.5 Å². The van der Waals surface area contributed by atoms with Gasteiger partial charge in [0.25, 0.3) is 5.91 Å². The van der Waals surface area contributed by atoms with Crippen molar-refractivity contribution in [3.05, 3.63) is 55.3 Å². The number of halogens is 3. The molecule has 1 atom stereocenters. The van der Waals surface area contributed by atoms with Gasteiger partial charge in [-0.15, -0.1) is 16.4 Å². The van der Waals surface area contributed by atoms with Gasteiger partial charge < -0.3 is 11.1 Å². The van der Waals surface area contributed by atoms with Gasteiger partial charge in [-0.3, -0.25) is 4.79 Å². The molecule has 0 bridgehead atoms. The van der Waals surface area contributed by atoms with Gasteiger partial charge in [-0.2, -0.15) is 0 Å². The monoisotopic (exact) mass is 443 g/mol. The number of nitrogens with two attached hydrogens (primary N) is 1. The summed E-state index contributed by atoms with van der Waals surface area (Å²) in [5.74, 6) is -0.246. The second-order valence-electron chi connectivity index (χ2n) is 5.89. The molecule has 6 nitrogen and oxygen atoms in total. The Bertz CT molecular complexity index is 971. The van der Waals surface area contributed by atoms with Crippen molar-refractivity contribution in [3.63, 3.8) is 0 Å². The fourth-order valence-electron chi connectivity index (χ4n) is 2.59. The van der Waals surface area contributed by atoms with Crippen LogP contribution >= 0.6 is 46.1 Å². The topological polar surface area (TPSA) is 85.8 Å². The summed E-state index contributed by atoms with van der Waals surface area (Å²) < 4.78 is 2.09. The standard InChI is InChI=1S/C17H16Cl3N5OS/c1-25-14(8-22-24-25)12-6-15(27-16(12)20)17(26)23-11(7-21)4-9-2-3-10(18)5-13(9)19/h2-3,5-6,8,11H,4,7,21H2,1H3,(H,23,26)/t11-/m0/s1. The van der Waals surface area contributed by atoms with Crippen molar-refractivity contribution in [1.82, 2.24) is 20.3 Å². The molecule has 2 heterocycles. The Morgan fingerprint density at radius 3 is 2.74 bits per heavy atom. The van der Waals surface area contributed by atoms with E-state index in [0.29, 0.717) is 31.2 Å². The Hall–Kier alpha value is -1.64. The SMILES string of the molecule is Cn1nncc1-c1cc(C(=O)N[C@H](CN)Cc2ccc(Cl)cc2Cl)sc1Cl. The highest BCUT2D eigenvalue weighted by Crippen LogP contribution is 2.35. The number of rotatable bonds is 6. The van der Waals surface area contributed by atoms with Crippen LogP contribution in [0.3, 0.4) is 0 Å². The summed E-state index contributed by atoms with van der Waals surface area (Å²) in [5.41, 5.74) is 8.14. The molecule has 1 aromatic carbocycles. The van der Waals surface area contributed by atoms with E-state index in [9.17, 15) is 4.79 Å². The minimum Gasteiger partial charge on any atom is -0.347 e. The van der Waals surface area contributed by atoms with Gasteiger partial charge in [0.1, 0.15) is 4.34 Å². The summed E-state index contributed by atoms with van der Waals surface area (Å²) in [6, 6.07) is 6.70. The van der Waals surface area contributed by atoms with E-state index in [-0.39, 0.29) is 18.5 Å². The van der Waals surface area contributed by atoms with E-state index in [0.717, 1.165) is 11.3 Å². The van der Waals surface area contributed by atoms with Gasteiger partial charge in [0.05, 0.1) is 16.8 Å². The van der Waals surface area contributed by atoms with Crippen molar-refractivity contribution in [2.75, 3.05) is 6.54 Å². The number of benzene rings is 1. The second-order valence-corrected chi connectivity index (χ2v) is 8.38. The number of amides is 1. The Balaban J connectivity index is 1.75. The van der Waals surface area contributed by atoms with E-state index in [2.05, 4.69) is 15.6 Å². The Morgan fingerprint density at radius 1 is 1.33 bits per heavy atom. The molecule has 0 spiro atoms. The quantitative estimate of drug-likeness (QED) is 0.605.